The molecule has 0 aliphatic carbocycles. The number of pyridine rings is 1. The molecule has 5 heteroatoms. The lowest BCUT2D eigenvalue weighted by molar-refractivity contribution is -0.113. The summed E-state index contributed by atoms with van der Waals surface area (Å²) in [6.07, 6.45) is 0. The van der Waals surface area contributed by atoms with E-state index in [0.717, 1.165) is 22.2 Å². The van der Waals surface area contributed by atoms with Crippen LogP contribution in [0.15, 0.2) is 59.6 Å². The first kappa shape index (κ1) is 16.0. The first-order chi connectivity index (χ1) is 11.7. The summed E-state index contributed by atoms with van der Waals surface area (Å²) >= 11 is 1.28. The number of benzene rings is 2. The molecule has 1 N–H and O–H groups in total. The summed E-state index contributed by atoms with van der Waals surface area (Å²) < 4.78 is 0. The summed E-state index contributed by atoms with van der Waals surface area (Å²) in [5.74, 6) is 0.0790. The van der Waals surface area contributed by atoms with E-state index in [1.807, 2.05) is 61.5 Å². The zero-order chi connectivity index (χ0) is 16.9. The van der Waals surface area contributed by atoms with Gasteiger partial charge in [0.25, 0.3) is 0 Å². The smallest absolute Gasteiger partial charge is 0.234 e. The largest absolute Gasteiger partial charge is 0.325 e. The second-order valence-electron chi connectivity index (χ2n) is 5.30. The number of para-hydroxylation sites is 2. The van der Waals surface area contributed by atoms with Crippen molar-refractivity contribution in [1.29, 1.82) is 5.26 Å². The second-order valence-corrected chi connectivity index (χ2v) is 6.27. The van der Waals surface area contributed by atoms with Gasteiger partial charge in [-0.1, -0.05) is 48.2 Å². The Kier molecular flexibility index (Phi) is 4.78. The molecular weight excluding hydrogens is 318 g/mol. The van der Waals surface area contributed by atoms with Crippen LogP contribution in [0.4, 0.5) is 5.69 Å². The maximum absolute atomic E-state index is 12.1. The highest BCUT2D eigenvalue weighted by Gasteiger charge is 2.11. The molecule has 4 nitrogen and oxygen atoms in total. The number of fused-ring (bicyclic) bond motifs is 1. The molecule has 1 aromatic heterocycles. The SMILES string of the molecule is Cc1cccc2cc(C#N)c(SCC(=O)Nc3ccccc3)nc12. The van der Waals surface area contributed by atoms with E-state index in [0.29, 0.717) is 10.6 Å². The van der Waals surface area contributed by atoms with E-state index in [-0.39, 0.29) is 11.7 Å². The molecule has 0 aliphatic heterocycles. The Bertz CT molecular complexity index is 932. The molecule has 2 aromatic carbocycles. The fourth-order valence-corrected chi connectivity index (χ4v) is 3.13. The summed E-state index contributed by atoms with van der Waals surface area (Å²) in [7, 11) is 0. The summed E-state index contributed by atoms with van der Waals surface area (Å²) in [5.41, 5.74) is 3.16. The first-order valence-corrected chi connectivity index (χ1v) is 8.44. The van der Waals surface area contributed by atoms with Crippen molar-refractivity contribution >= 4 is 34.3 Å². The lowest BCUT2D eigenvalue weighted by Crippen LogP contribution is -2.14. The van der Waals surface area contributed by atoms with Crippen LogP contribution in [0.25, 0.3) is 10.9 Å². The fraction of sp³-hybridized carbons (Fsp3) is 0.105. The van der Waals surface area contributed by atoms with Crippen molar-refractivity contribution in [2.45, 2.75) is 11.9 Å². The molecule has 0 spiro atoms. The summed E-state index contributed by atoms with van der Waals surface area (Å²) in [5, 5.41) is 13.7. The summed E-state index contributed by atoms with van der Waals surface area (Å²) in [6.45, 7) is 1.98. The Morgan fingerprint density at radius 3 is 2.75 bits per heavy atom. The number of nitrogens with zero attached hydrogens (tertiary/aromatic N) is 2. The van der Waals surface area contributed by atoms with E-state index in [1.54, 1.807) is 0 Å². The number of carbonyl (C=O) groups excluding carboxylic acids is 1. The number of nitrogens with one attached hydrogen (secondary N) is 1. The zero-order valence-electron chi connectivity index (χ0n) is 13.1. The number of carbonyl (C=O) groups is 1. The number of amides is 1. The van der Waals surface area contributed by atoms with Crippen LogP contribution in [0.2, 0.25) is 0 Å². The highest BCUT2D eigenvalue weighted by atomic mass is 32.2. The number of rotatable bonds is 4. The predicted octanol–water partition coefficient (Wildman–Crippen LogP) is 4.15. The van der Waals surface area contributed by atoms with Gasteiger partial charge in [-0.15, -0.1) is 0 Å². The summed E-state index contributed by atoms with van der Waals surface area (Å²) in [6, 6.07) is 19.2. The molecule has 118 valence electrons. The van der Waals surface area contributed by atoms with Crippen LogP contribution in [0.1, 0.15) is 11.1 Å². The molecule has 3 aromatic rings. The van der Waals surface area contributed by atoms with Gasteiger partial charge in [-0.25, -0.2) is 4.98 Å². The fourth-order valence-electron chi connectivity index (χ4n) is 2.37. The van der Waals surface area contributed by atoms with Crippen LogP contribution in [-0.2, 0) is 4.79 Å². The molecule has 1 amide bonds. The molecule has 0 saturated carbocycles. The van der Waals surface area contributed by atoms with Crippen molar-refractivity contribution < 1.29 is 4.79 Å². The lowest BCUT2D eigenvalue weighted by Gasteiger charge is -2.08. The number of hydrogen-bond donors (Lipinski definition) is 1. The number of nitriles is 1. The monoisotopic (exact) mass is 333 g/mol. The Morgan fingerprint density at radius 1 is 1.21 bits per heavy atom. The van der Waals surface area contributed by atoms with Gasteiger partial charge in [-0.05, 0) is 30.7 Å². The van der Waals surface area contributed by atoms with Gasteiger partial charge in [-0.3, -0.25) is 4.79 Å². The highest BCUT2D eigenvalue weighted by Crippen LogP contribution is 2.26. The number of thioether (sulfide) groups is 1. The third kappa shape index (κ3) is 3.55. The van der Waals surface area contributed by atoms with Crippen molar-refractivity contribution in [3.8, 4) is 6.07 Å². The Labute approximate surface area is 144 Å². The van der Waals surface area contributed by atoms with Gasteiger partial charge in [0.2, 0.25) is 5.91 Å². The molecule has 0 atom stereocenters. The van der Waals surface area contributed by atoms with E-state index in [1.165, 1.54) is 11.8 Å². The van der Waals surface area contributed by atoms with Crippen molar-refractivity contribution in [3.63, 3.8) is 0 Å². The van der Waals surface area contributed by atoms with Crippen molar-refractivity contribution in [2.24, 2.45) is 0 Å². The normalized spacial score (nSPS) is 10.3. The minimum Gasteiger partial charge on any atom is -0.325 e. The molecule has 24 heavy (non-hydrogen) atoms. The quantitative estimate of drug-likeness (QED) is 0.729. The zero-order valence-corrected chi connectivity index (χ0v) is 13.9. The van der Waals surface area contributed by atoms with Crippen LogP contribution in [0.5, 0.6) is 0 Å². The molecule has 0 unspecified atom stereocenters. The number of hydrogen-bond acceptors (Lipinski definition) is 4. The molecule has 0 aliphatic rings. The Balaban J connectivity index is 1.78. The minimum absolute atomic E-state index is 0.123. The second kappa shape index (κ2) is 7.16. The minimum atomic E-state index is -0.123. The standard InChI is InChI=1S/C19H15N3OS/c1-13-6-5-7-14-10-15(11-20)19(22-18(13)14)24-12-17(23)21-16-8-3-2-4-9-16/h2-10H,12H2,1H3,(H,21,23). The molecule has 0 saturated heterocycles. The number of aromatic nitrogens is 1. The van der Waals surface area contributed by atoms with Gasteiger partial charge in [-0.2, -0.15) is 5.26 Å². The average molecular weight is 333 g/mol. The Hall–Kier alpha value is -2.84. The van der Waals surface area contributed by atoms with Gasteiger partial charge in [0.1, 0.15) is 11.1 Å². The third-order valence-corrected chi connectivity index (χ3v) is 4.52. The Morgan fingerprint density at radius 2 is 2.00 bits per heavy atom. The van der Waals surface area contributed by atoms with Crippen LogP contribution >= 0.6 is 11.8 Å². The van der Waals surface area contributed by atoms with Crippen molar-refractivity contribution in [1.82, 2.24) is 4.98 Å². The van der Waals surface area contributed by atoms with Gasteiger partial charge in [0.15, 0.2) is 0 Å². The van der Waals surface area contributed by atoms with Crippen molar-refractivity contribution in [2.75, 3.05) is 11.1 Å². The van der Waals surface area contributed by atoms with Gasteiger partial charge in [0.05, 0.1) is 16.8 Å². The first-order valence-electron chi connectivity index (χ1n) is 7.45. The van der Waals surface area contributed by atoms with Crippen LogP contribution in [0.3, 0.4) is 0 Å². The molecule has 0 radical (unpaired) electrons. The van der Waals surface area contributed by atoms with E-state index in [2.05, 4.69) is 16.4 Å². The molecule has 3 rings (SSSR count). The van der Waals surface area contributed by atoms with E-state index in [9.17, 15) is 10.1 Å². The van der Waals surface area contributed by atoms with E-state index >= 15 is 0 Å². The molecular formula is C19H15N3OS. The number of anilines is 1. The highest BCUT2D eigenvalue weighted by molar-refractivity contribution is 8.00. The predicted molar refractivity (Wildman–Crippen MR) is 97.0 cm³/mol. The third-order valence-electron chi connectivity index (χ3n) is 3.53. The van der Waals surface area contributed by atoms with Crippen LogP contribution < -0.4 is 5.32 Å². The average Bonchev–Trinajstić information content (AvgIpc) is 2.60. The van der Waals surface area contributed by atoms with Crippen molar-refractivity contribution in [3.05, 3.63) is 65.7 Å². The maximum Gasteiger partial charge on any atom is 0.234 e. The number of aryl methyl sites for hydroxylation is 1. The van der Waals surface area contributed by atoms with Gasteiger partial charge < -0.3 is 5.32 Å². The van der Waals surface area contributed by atoms with Gasteiger partial charge >= 0.3 is 0 Å². The lowest BCUT2D eigenvalue weighted by atomic mass is 10.1. The maximum atomic E-state index is 12.1. The van der Waals surface area contributed by atoms with E-state index < -0.39 is 0 Å². The topological polar surface area (TPSA) is 65.8 Å². The molecule has 0 fully saturated rings. The van der Waals surface area contributed by atoms with Crippen LogP contribution in [-0.4, -0.2) is 16.6 Å². The molecule has 1 heterocycles. The van der Waals surface area contributed by atoms with E-state index in [4.69, 9.17) is 0 Å². The van der Waals surface area contributed by atoms with Gasteiger partial charge in [0, 0.05) is 11.1 Å². The molecule has 0 bridgehead atoms. The summed E-state index contributed by atoms with van der Waals surface area (Å²) in [4.78, 5) is 16.7. The van der Waals surface area contributed by atoms with Crippen LogP contribution in [0, 0.1) is 18.3 Å².